The fourth-order valence-corrected chi connectivity index (χ4v) is 2.97. The molecule has 1 unspecified atom stereocenters. The molecule has 1 aliphatic rings. The second-order valence-corrected chi connectivity index (χ2v) is 6.83. The highest BCUT2D eigenvalue weighted by atomic mass is 32.2. The molecule has 1 amide bonds. The molecule has 4 nitrogen and oxygen atoms in total. The first-order chi connectivity index (χ1) is 9.09. The van der Waals surface area contributed by atoms with E-state index in [0.717, 1.165) is 26.1 Å². The fraction of sp³-hybridized carbons (Fsp3) is 0.929. The number of carbonyl (C=O) groups excluding carboxylic acids is 1. The Bertz CT molecular complexity index is 255. The molecule has 112 valence electrons. The molecule has 1 heterocycles. The van der Waals surface area contributed by atoms with Crippen molar-refractivity contribution in [2.45, 2.75) is 33.2 Å². The van der Waals surface area contributed by atoms with E-state index < -0.39 is 0 Å². The fourth-order valence-electron chi connectivity index (χ4n) is 1.99. The van der Waals surface area contributed by atoms with Gasteiger partial charge in [-0.1, -0.05) is 13.8 Å². The van der Waals surface area contributed by atoms with Gasteiger partial charge in [-0.15, -0.1) is 0 Å². The van der Waals surface area contributed by atoms with Gasteiger partial charge in [-0.2, -0.15) is 11.8 Å². The van der Waals surface area contributed by atoms with Crippen LogP contribution >= 0.6 is 11.8 Å². The first-order valence-electron chi connectivity index (χ1n) is 7.40. The van der Waals surface area contributed by atoms with Crippen LogP contribution in [0.5, 0.6) is 0 Å². The molecule has 0 radical (unpaired) electrons. The van der Waals surface area contributed by atoms with Crippen LogP contribution in [0.4, 0.5) is 0 Å². The van der Waals surface area contributed by atoms with Crippen molar-refractivity contribution in [2.24, 2.45) is 5.92 Å². The van der Waals surface area contributed by atoms with Gasteiger partial charge < -0.3 is 15.5 Å². The van der Waals surface area contributed by atoms with Crippen molar-refractivity contribution in [3.63, 3.8) is 0 Å². The Morgan fingerprint density at radius 3 is 2.53 bits per heavy atom. The summed E-state index contributed by atoms with van der Waals surface area (Å²) in [5, 5.41) is 6.29. The molecule has 1 rings (SSSR count). The number of amides is 1. The molecule has 1 fully saturated rings. The van der Waals surface area contributed by atoms with E-state index in [1.807, 2.05) is 18.7 Å². The van der Waals surface area contributed by atoms with Gasteiger partial charge in [0, 0.05) is 44.2 Å². The standard InChI is InChI=1S/C14H29N3OS/c1-12(2)4-5-16-14(18)13(3)15-6-7-17-8-10-19-11-9-17/h12-13,15H,4-11H2,1-3H3,(H,16,18). The van der Waals surface area contributed by atoms with E-state index in [0.29, 0.717) is 5.92 Å². The van der Waals surface area contributed by atoms with E-state index in [2.05, 4.69) is 29.4 Å². The molecule has 1 saturated heterocycles. The van der Waals surface area contributed by atoms with Crippen molar-refractivity contribution in [3.8, 4) is 0 Å². The largest absolute Gasteiger partial charge is 0.355 e. The number of rotatable bonds is 8. The van der Waals surface area contributed by atoms with Crippen LogP contribution in [0.15, 0.2) is 0 Å². The van der Waals surface area contributed by atoms with E-state index in [9.17, 15) is 4.79 Å². The summed E-state index contributed by atoms with van der Waals surface area (Å²) in [4.78, 5) is 14.3. The van der Waals surface area contributed by atoms with Gasteiger partial charge in [0.25, 0.3) is 0 Å². The lowest BCUT2D eigenvalue weighted by Gasteiger charge is -2.26. The second kappa shape index (κ2) is 9.61. The molecule has 1 aliphatic heterocycles. The van der Waals surface area contributed by atoms with E-state index in [-0.39, 0.29) is 11.9 Å². The normalized spacial score (nSPS) is 18.5. The van der Waals surface area contributed by atoms with Crippen LogP contribution in [-0.4, -0.2) is 61.1 Å². The number of carbonyl (C=O) groups is 1. The zero-order valence-electron chi connectivity index (χ0n) is 12.6. The highest BCUT2D eigenvalue weighted by Crippen LogP contribution is 2.07. The lowest BCUT2D eigenvalue weighted by atomic mass is 10.1. The molecule has 0 aromatic heterocycles. The number of hydrogen-bond donors (Lipinski definition) is 2. The van der Waals surface area contributed by atoms with Gasteiger partial charge in [0.1, 0.15) is 0 Å². The Balaban J connectivity index is 2.05. The molecule has 5 heteroatoms. The molecule has 0 spiro atoms. The Hall–Kier alpha value is -0.260. The van der Waals surface area contributed by atoms with Gasteiger partial charge in [0.05, 0.1) is 6.04 Å². The third-order valence-corrected chi connectivity index (χ3v) is 4.34. The summed E-state index contributed by atoms with van der Waals surface area (Å²) in [6.07, 6.45) is 1.05. The van der Waals surface area contributed by atoms with Crippen LogP contribution in [0.1, 0.15) is 27.2 Å². The van der Waals surface area contributed by atoms with Crippen molar-refractivity contribution in [2.75, 3.05) is 44.2 Å². The van der Waals surface area contributed by atoms with Crippen molar-refractivity contribution < 1.29 is 4.79 Å². The summed E-state index contributed by atoms with van der Waals surface area (Å²) < 4.78 is 0. The van der Waals surface area contributed by atoms with Crippen LogP contribution in [-0.2, 0) is 4.79 Å². The summed E-state index contributed by atoms with van der Waals surface area (Å²) >= 11 is 2.03. The maximum absolute atomic E-state index is 11.8. The average molecular weight is 287 g/mol. The van der Waals surface area contributed by atoms with Crippen molar-refractivity contribution >= 4 is 17.7 Å². The summed E-state index contributed by atoms with van der Waals surface area (Å²) in [5.41, 5.74) is 0. The number of nitrogens with zero attached hydrogens (tertiary/aromatic N) is 1. The van der Waals surface area contributed by atoms with Crippen LogP contribution in [0.25, 0.3) is 0 Å². The topological polar surface area (TPSA) is 44.4 Å². The molecule has 0 saturated carbocycles. The van der Waals surface area contributed by atoms with E-state index in [1.165, 1.54) is 24.6 Å². The van der Waals surface area contributed by atoms with E-state index in [1.54, 1.807) is 0 Å². The maximum atomic E-state index is 11.8. The third kappa shape index (κ3) is 7.80. The minimum absolute atomic E-state index is 0.0914. The van der Waals surface area contributed by atoms with Crippen LogP contribution < -0.4 is 10.6 Å². The van der Waals surface area contributed by atoms with Crippen molar-refractivity contribution in [3.05, 3.63) is 0 Å². The summed E-state index contributed by atoms with van der Waals surface area (Å²) in [6, 6.07) is -0.0914. The predicted molar refractivity (Wildman–Crippen MR) is 83.7 cm³/mol. The summed E-state index contributed by atoms with van der Waals surface area (Å²) in [5.74, 6) is 3.24. The zero-order valence-corrected chi connectivity index (χ0v) is 13.4. The SMILES string of the molecule is CC(C)CCNC(=O)C(C)NCCN1CCSCC1. The number of thioether (sulfide) groups is 1. The lowest BCUT2D eigenvalue weighted by Crippen LogP contribution is -2.46. The van der Waals surface area contributed by atoms with Gasteiger partial charge in [-0.3, -0.25) is 4.79 Å². The molecule has 0 aliphatic carbocycles. The minimum Gasteiger partial charge on any atom is -0.355 e. The molecule has 0 bridgehead atoms. The quantitative estimate of drug-likeness (QED) is 0.703. The number of nitrogens with one attached hydrogen (secondary N) is 2. The first kappa shape index (κ1) is 16.8. The van der Waals surface area contributed by atoms with E-state index in [4.69, 9.17) is 0 Å². The van der Waals surface area contributed by atoms with Crippen molar-refractivity contribution in [1.29, 1.82) is 0 Å². The van der Waals surface area contributed by atoms with Gasteiger partial charge in [0.2, 0.25) is 5.91 Å². The van der Waals surface area contributed by atoms with Crippen LogP contribution in [0, 0.1) is 5.92 Å². The molecule has 2 N–H and O–H groups in total. The summed E-state index contributed by atoms with van der Waals surface area (Å²) in [7, 11) is 0. The Morgan fingerprint density at radius 1 is 1.21 bits per heavy atom. The molecule has 19 heavy (non-hydrogen) atoms. The average Bonchev–Trinajstić information content (AvgIpc) is 2.39. The Kier molecular flexibility index (Phi) is 8.50. The molecule has 0 aromatic carbocycles. The molecular formula is C14H29N3OS. The maximum Gasteiger partial charge on any atom is 0.236 e. The third-order valence-electron chi connectivity index (χ3n) is 3.40. The zero-order chi connectivity index (χ0) is 14.1. The van der Waals surface area contributed by atoms with Crippen LogP contribution in [0.2, 0.25) is 0 Å². The van der Waals surface area contributed by atoms with Crippen molar-refractivity contribution in [1.82, 2.24) is 15.5 Å². The minimum atomic E-state index is -0.0914. The van der Waals surface area contributed by atoms with Gasteiger partial charge in [-0.25, -0.2) is 0 Å². The van der Waals surface area contributed by atoms with Crippen LogP contribution in [0.3, 0.4) is 0 Å². The molecule has 0 aromatic rings. The second-order valence-electron chi connectivity index (χ2n) is 5.60. The molecule has 1 atom stereocenters. The highest BCUT2D eigenvalue weighted by molar-refractivity contribution is 7.99. The Labute approximate surface area is 122 Å². The Morgan fingerprint density at radius 2 is 1.89 bits per heavy atom. The first-order valence-corrected chi connectivity index (χ1v) is 8.56. The lowest BCUT2D eigenvalue weighted by molar-refractivity contribution is -0.122. The number of hydrogen-bond acceptors (Lipinski definition) is 4. The van der Waals surface area contributed by atoms with Gasteiger partial charge >= 0.3 is 0 Å². The molecular weight excluding hydrogens is 258 g/mol. The van der Waals surface area contributed by atoms with Gasteiger partial charge in [-0.05, 0) is 19.3 Å². The summed E-state index contributed by atoms with van der Waals surface area (Å²) in [6.45, 7) is 11.4. The van der Waals surface area contributed by atoms with E-state index >= 15 is 0 Å². The highest BCUT2D eigenvalue weighted by Gasteiger charge is 2.13. The van der Waals surface area contributed by atoms with Gasteiger partial charge in [0.15, 0.2) is 0 Å². The monoisotopic (exact) mass is 287 g/mol. The predicted octanol–water partition coefficient (Wildman–Crippen LogP) is 1.18. The smallest absolute Gasteiger partial charge is 0.236 e.